The number of carbonyl (C=O) groups excluding carboxylic acids is 2. The number of carbonyl (C=O) groups is 2. The van der Waals surface area contributed by atoms with E-state index < -0.39 is 5.54 Å². The van der Waals surface area contributed by atoms with Crippen LogP contribution >= 0.6 is 11.6 Å². The number of ether oxygens (including phenoxy) is 1. The molecule has 3 amide bonds. The number of amides is 3. The molecular formula is C27H32ClN3O4. The Morgan fingerprint density at radius 3 is 2.51 bits per heavy atom. The highest BCUT2D eigenvalue weighted by Gasteiger charge is 2.56. The second-order valence-corrected chi connectivity index (χ2v) is 10.5. The predicted molar refractivity (Wildman–Crippen MR) is 134 cm³/mol. The average Bonchev–Trinajstić information content (AvgIpc) is 3.64. The fraction of sp³-hybridized carbons (Fsp3) is 0.481. The average molecular weight is 498 g/mol. The van der Waals surface area contributed by atoms with Crippen molar-refractivity contribution in [3.05, 3.63) is 58.6 Å². The van der Waals surface area contributed by atoms with Gasteiger partial charge in [0.1, 0.15) is 5.54 Å². The Bertz CT molecular complexity index is 1110. The van der Waals surface area contributed by atoms with Crippen LogP contribution in [0.15, 0.2) is 42.5 Å². The van der Waals surface area contributed by atoms with Gasteiger partial charge >= 0.3 is 6.03 Å². The number of rotatable bonds is 8. The van der Waals surface area contributed by atoms with E-state index in [2.05, 4.69) is 10.2 Å². The van der Waals surface area contributed by atoms with Crippen LogP contribution in [0.25, 0.3) is 0 Å². The van der Waals surface area contributed by atoms with Crippen molar-refractivity contribution in [3.8, 4) is 11.5 Å². The molecule has 7 nitrogen and oxygen atoms in total. The molecule has 1 saturated carbocycles. The molecule has 2 saturated heterocycles. The minimum atomic E-state index is -0.971. The molecule has 0 bridgehead atoms. The first-order valence-corrected chi connectivity index (χ1v) is 12.7. The van der Waals surface area contributed by atoms with E-state index in [0.717, 1.165) is 49.9 Å². The van der Waals surface area contributed by atoms with Gasteiger partial charge in [0.25, 0.3) is 5.91 Å². The number of phenols is 1. The quantitative estimate of drug-likeness (QED) is 0.534. The van der Waals surface area contributed by atoms with Gasteiger partial charge in [0.15, 0.2) is 11.5 Å². The summed E-state index contributed by atoms with van der Waals surface area (Å²) < 4.78 is 5.14. The minimum Gasteiger partial charge on any atom is -0.504 e. The Morgan fingerprint density at radius 1 is 1.11 bits per heavy atom. The van der Waals surface area contributed by atoms with Crippen molar-refractivity contribution in [1.82, 2.24) is 15.1 Å². The molecule has 0 spiro atoms. The fourth-order valence-corrected chi connectivity index (χ4v) is 5.73. The third kappa shape index (κ3) is 4.84. The molecule has 5 rings (SSSR count). The minimum absolute atomic E-state index is 0.0138. The van der Waals surface area contributed by atoms with Crippen molar-refractivity contribution in [2.45, 2.75) is 44.2 Å². The second kappa shape index (κ2) is 9.70. The lowest BCUT2D eigenvalue weighted by Crippen LogP contribution is -2.57. The van der Waals surface area contributed by atoms with Gasteiger partial charge in [-0.2, -0.15) is 0 Å². The Kier molecular flexibility index (Phi) is 6.64. The molecule has 0 unspecified atom stereocenters. The molecule has 3 fully saturated rings. The molecule has 2 aliphatic heterocycles. The van der Waals surface area contributed by atoms with Crippen LogP contribution in [0.1, 0.15) is 36.8 Å². The molecule has 2 aromatic carbocycles. The Labute approximate surface area is 211 Å². The predicted octanol–water partition coefficient (Wildman–Crippen LogP) is 4.21. The monoisotopic (exact) mass is 497 g/mol. The van der Waals surface area contributed by atoms with Gasteiger partial charge in [-0.05, 0) is 79.9 Å². The highest BCUT2D eigenvalue weighted by molar-refractivity contribution is 6.31. The first-order valence-electron chi connectivity index (χ1n) is 12.4. The molecule has 2 heterocycles. The number of methoxy groups -OCH3 is 1. The number of hydrogen-bond acceptors (Lipinski definition) is 5. The van der Waals surface area contributed by atoms with Gasteiger partial charge in [0, 0.05) is 24.5 Å². The molecule has 35 heavy (non-hydrogen) atoms. The van der Waals surface area contributed by atoms with Gasteiger partial charge in [-0.15, -0.1) is 0 Å². The molecule has 0 radical (unpaired) electrons. The smallest absolute Gasteiger partial charge is 0.325 e. The van der Waals surface area contributed by atoms with Gasteiger partial charge < -0.3 is 15.2 Å². The molecule has 186 valence electrons. The van der Waals surface area contributed by atoms with Crippen LogP contribution in [0.4, 0.5) is 4.79 Å². The number of likely N-dealkylation sites (tertiary alicyclic amines) is 1. The Balaban J connectivity index is 1.33. The molecule has 0 aromatic heterocycles. The van der Waals surface area contributed by atoms with Crippen LogP contribution in [-0.2, 0) is 17.8 Å². The normalized spacial score (nSPS) is 23.5. The van der Waals surface area contributed by atoms with Crippen LogP contribution in [0, 0.1) is 11.8 Å². The molecule has 1 aliphatic carbocycles. The summed E-state index contributed by atoms with van der Waals surface area (Å²) >= 11 is 6.49. The summed E-state index contributed by atoms with van der Waals surface area (Å²) in [6.45, 7) is 2.81. The van der Waals surface area contributed by atoms with Gasteiger partial charge in [-0.25, -0.2) is 4.79 Å². The maximum Gasteiger partial charge on any atom is 0.325 e. The summed E-state index contributed by atoms with van der Waals surface area (Å²) in [5.74, 6) is 0.935. The van der Waals surface area contributed by atoms with E-state index in [1.807, 2.05) is 30.3 Å². The summed E-state index contributed by atoms with van der Waals surface area (Å²) in [6, 6.07) is 12.8. The van der Waals surface area contributed by atoms with Crippen molar-refractivity contribution in [1.29, 1.82) is 0 Å². The third-order valence-corrected chi connectivity index (χ3v) is 8.07. The van der Waals surface area contributed by atoms with Gasteiger partial charge in [-0.1, -0.05) is 35.9 Å². The number of urea groups is 1. The highest BCUT2D eigenvalue weighted by atomic mass is 35.5. The van der Waals surface area contributed by atoms with Gasteiger partial charge in [0.2, 0.25) is 0 Å². The molecule has 1 atom stereocenters. The zero-order valence-electron chi connectivity index (χ0n) is 20.0. The maximum atomic E-state index is 13.8. The van der Waals surface area contributed by atoms with E-state index in [1.54, 1.807) is 12.1 Å². The van der Waals surface area contributed by atoms with Gasteiger partial charge in [0.05, 0.1) is 7.11 Å². The van der Waals surface area contributed by atoms with Crippen molar-refractivity contribution in [2.75, 3.05) is 26.7 Å². The summed E-state index contributed by atoms with van der Waals surface area (Å²) in [5.41, 5.74) is 0.919. The van der Waals surface area contributed by atoms with E-state index in [1.165, 1.54) is 12.0 Å². The number of piperidine rings is 1. The molecule has 3 aliphatic rings. The number of nitrogens with one attached hydrogen (secondary N) is 1. The van der Waals surface area contributed by atoms with Crippen molar-refractivity contribution in [3.63, 3.8) is 0 Å². The molecule has 8 heteroatoms. The van der Waals surface area contributed by atoms with Crippen LogP contribution in [0.5, 0.6) is 11.5 Å². The van der Waals surface area contributed by atoms with Crippen LogP contribution in [-0.4, -0.2) is 59.1 Å². The lowest BCUT2D eigenvalue weighted by atomic mass is 9.73. The number of halogens is 1. The molecular weight excluding hydrogens is 466 g/mol. The summed E-state index contributed by atoms with van der Waals surface area (Å²) in [6.07, 6.45) is 4.13. The van der Waals surface area contributed by atoms with E-state index in [0.29, 0.717) is 36.2 Å². The van der Waals surface area contributed by atoms with Crippen molar-refractivity contribution < 1.29 is 19.4 Å². The molecule has 2 aromatic rings. The Morgan fingerprint density at radius 2 is 1.86 bits per heavy atom. The Hall–Kier alpha value is -2.77. The highest BCUT2D eigenvalue weighted by Crippen LogP contribution is 2.40. The SMILES string of the molecule is COc1ccc(CN2CCC([C@@]3(Cc4ccccc4Cl)NC(=O)N(CC4CC4)C3=O)CC2)cc1O. The lowest BCUT2D eigenvalue weighted by molar-refractivity contribution is -0.134. The van der Waals surface area contributed by atoms with Crippen molar-refractivity contribution >= 4 is 23.5 Å². The summed E-state index contributed by atoms with van der Waals surface area (Å²) in [5, 5.41) is 13.9. The van der Waals surface area contributed by atoms with E-state index in [4.69, 9.17) is 16.3 Å². The summed E-state index contributed by atoms with van der Waals surface area (Å²) in [4.78, 5) is 30.6. The van der Waals surface area contributed by atoms with E-state index in [9.17, 15) is 14.7 Å². The fourth-order valence-electron chi connectivity index (χ4n) is 5.53. The lowest BCUT2D eigenvalue weighted by Gasteiger charge is -2.41. The van der Waals surface area contributed by atoms with E-state index in [-0.39, 0.29) is 23.6 Å². The maximum absolute atomic E-state index is 13.8. The first kappa shape index (κ1) is 23.9. The molecule has 2 N–H and O–H groups in total. The standard InChI is InChI=1S/C27H32ClN3O4/c1-35-24-9-8-19(14-23(24)32)16-30-12-10-21(11-13-30)27(15-20-4-2-3-5-22(20)28)25(33)31(26(34)29-27)17-18-6-7-18/h2-5,8-9,14,18,21,32H,6-7,10-13,15-17H2,1H3,(H,29,34)/t27-/m1/s1. The first-order chi connectivity index (χ1) is 16.9. The third-order valence-electron chi connectivity index (χ3n) is 7.70. The number of aromatic hydroxyl groups is 1. The number of phenolic OH excluding ortho intramolecular Hbond substituents is 1. The number of hydrogen-bond donors (Lipinski definition) is 2. The van der Waals surface area contributed by atoms with Crippen LogP contribution in [0.2, 0.25) is 5.02 Å². The number of nitrogens with zero attached hydrogens (tertiary/aromatic N) is 2. The number of benzene rings is 2. The van der Waals surface area contributed by atoms with E-state index >= 15 is 0 Å². The van der Waals surface area contributed by atoms with Crippen LogP contribution < -0.4 is 10.1 Å². The van der Waals surface area contributed by atoms with Crippen molar-refractivity contribution in [2.24, 2.45) is 11.8 Å². The topological polar surface area (TPSA) is 82.1 Å². The largest absolute Gasteiger partial charge is 0.504 e. The zero-order valence-corrected chi connectivity index (χ0v) is 20.8. The zero-order chi connectivity index (χ0) is 24.6. The van der Waals surface area contributed by atoms with Crippen LogP contribution in [0.3, 0.4) is 0 Å². The number of imide groups is 1. The second-order valence-electron chi connectivity index (χ2n) is 10.1. The summed E-state index contributed by atoms with van der Waals surface area (Å²) in [7, 11) is 1.53. The van der Waals surface area contributed by atoms with Gasteiger partial charge in [-0.3, -0.25) is 14.6 Å².